The van der Waals surface area contributed by atoms with Crippen molar-refractivity contribution in [2.75, 3.05) is 0 Å². The summed E-state index contributed by atoms with van der Waals surface area (Å²) in [6, 6.07) is 10.2. The third-order valence-electron chi connectivity index (χ3n) is 1.74. The molecule has 0 atom stereocenters. The van der Waals surface area contributed by atoms with Crippen molar-refractivity contribution in [2.45, 2.75) is 0 Å². The minimum absolute atomic E-state index is 0.636. The molecule has 3 heteroatoms. The highest BCUT2D eigenvalue weighted by Gasteiger charge is 2.05. The predicted octanol–water partition coefficient (Wildman–Crippen LogP) is 3.58. The van der Waals surface area contributed by atoms with E-state index in [9.17, 15) is 0 Å². The monoisotopic (exact) mass is 210 g/mol. The Hall–Kier alpha value is -0.920. The number of nitrogens with zero attached hydrogens (tertiary/aromatic N) is 1. The van der Waals surface area contributed by atoms with Gasteiger partial charge in [0.05, 0.1) is 15.7 Å². The summed E-state index contributed by atoms with van der Waals surface area (Å²) in [6.07, 6.45) is 3.64. The number of hydrogen-bond donors (Lipinski definition) is 0. The number of halogens is 2. The zero-order chi connectivity index (χ0) is 9.26. The minimum atomic E-state index is 0.636. The molecular formula is C10H6Cl2N. The topological polar surface area (TPSA) is 4.93 Å². The smallest absolute Gasteiger partial charge is 0.0825 e. The van der Waals surface area contributed by atoms with E-state index in [0.717, 1.165) is 5.69 Å². The van der Waals surface area contributed by atoms with Gasteiger partial charge in [-0.2, -0.15) is 0 Å². The molecule has 2 aromatic rings. The quantitative estimate of drug-likeness (QED) is 0.679. The summed E-state index contributed by atoms with van der Waals surface area (Å²) in [4.78, 5) is 0. The second kappa shape index (κ2) is 3.44. The highest BCUT2D eigenvalue weighted by Crippen LogP contribution is 2.27. The van der Waals surface area contributed by atoms with Crippen LogP contribution < -0.4 is 0 Å². The molecule has 1 heterocycles. The first kappa shape index (κ1) is 8.67. The molecule has 0 saturated heterocycles. The van der Waals surface area contributed by atoms with E-state index in [1.54, 1.807) is 12.3 Å². The van der Waals surface area contributed by atoms with Gasteiger partial charge in [0.15, 0.2) is 0 Å². The summed E-state index contributed by atoms with van der Waals surface area (Å²) in [7, 11) is 0. The zero-order valence-electron chi connectivity index (χ0n) is 6.67. The molecular weight excluding hydrogens is 205 g/mol. The molecule has 0 N–H and O–H groups in total. The van der Waals surface area contributed by atoms with E-state index in [1.807, 2.05) is 29.0 Å². The van der Waals surface area contributed by atoms with Crippen molar-refractivity contribution < 1.29 is 0 Å². The summed E-state index contributed by atoms with van der Waals surface area (Å²) in [6.45, 7) is 0. The van der Waals surface area contributed by atoms with Crippen LogP contribution in [0.5, 0.6) is 0 Å². The summed E-state index contributed by atoms with van der Waals surface area (Å²) in [5.74, 6) is 0. The molecule has 0 aliphatic heterocycles. The molecule has 0 aliphatic rings. The second-order valence-corrected chi connectivity index (χ2v) is 3.40. The summed E-state index contributed by atoms with van der Waals surface area (Å²) < 4.78 is 1.84. The van der Waals surface area contributed by atoms with E-state index in [0.29, 0.717) is 10.0 Å². The van der Waals surface area contributed by atoms with Crippen LogP contribution in [0.25, 0.3) is 5.69 Å². The van der Waals surface area contributed by atoms with Crippen LogP contribution in [0, 0.1) is 6.07 Å². The Morgan fingerprint density at radius 1 is 1.15 bits per heavy atom. The van der Waals surface area contributed by atoms with Gasteiger partial charge in [-0.05, 0) is 18.2 Å². The first-order valence-electron chi connectivity index (χ1n) is 3.77. The Balaban J connectivity index is 2.64. The second-order valence-electron chi connectivity index (χ2n) is 2.59. The lowest BCUT2D eigenvalue weighted by molar-refractivity contribution is 1.08. The van der Waals surface area contributed by atoms with Crippen molar-refractivity contribution >= 4 is 23.2 Å². The van der Waals surface area contributed by atoms with Crippen molar-refractivity contribution in [1.29, 1.82) is 0 Å². The number of hydrogen-bond acceptors (Lipinski definition) is 0. The lowest BCUT2D eigenvalue weighted by Crippen LogP contribution is -1.91. The van der Waals surface area contributed by atoms with Crippen LogP contribution in [0.15, 0.2) is 36.7 Å². The molecule has 0 saturated carbocycles. The first-order chi connectivity index (χ1) is 6.29. The Morgan fingerprint density at radius 2 is 1.85 bits per heavy atom. The Labute approximate surface area is 86.5 Å². The van der Waals surface area contributed by atoms with Gasteiger partial charge in [0, 0.05) is 18.5 Å². The molecule has 0 bridgehead atoms. The Morgan fingerprint density at radius 3 is 2.38 bits per heavy atom. The van der Waals surface area contributed by atoms with Crippen LogP contribution in [0.1, 0.15) is 0 Å². The van der Waals surface area contributed by atoms with Crippen molar-refractivity contribution in [3.63, 3.8) is 0 Å². The van der Waals surface area contributed by atoms with Crippen LogP contribution >= 0.6 is 23.2 Å². The standard InChI is InChI=1S/C10H6Cl2N/c11-8-4-3-5-9(12)10(8)13-6-1-2-7-13/h1,3-7H. The van der Waals surface area contributed by atoms with E-state index >= 15 is 0 Å². The van der Waals surface area contributed by atoms with Crippen molar-refractivity contribution in [3.05, 3.63) is 52.8 Å². The molecule has 0 spiro atoms. The molecule has 0 fully saturated rings. The minimum Gasteiger partial charge on any atom is -0.321 e. The van der Waals surface area contributed by atoms with E-state index in [1.165, 1.54) is 0 Å². The first-order valence-corrected chi connectivity index (χ1v) is 4.53. The molecule has 1 nitrogen and oxygen atoms in total. The largest absolute Gasteiger partial charge is 0.321 e. The number of para-hydroxylation sites is 1. The van der Waals surface area contributed by atoms with Gasteiger partial charge >= 0.3 is 0 Å². The van der Waals surface area contributed by atoms with Crippen LogP contribution in [-0.4, -0.2) is 4.57 Å². The molecule has 2 rings (SSSR count). The third kappa shape index (κ3) is 1.58. The fourth-order valence-corrected chi connectivity index (χ4v) is 1.76. The molecule has 1 aromatic heterocycles. The van der Waals surface area contributed by atoms with Gasteiger partial charge in [-0.3, -0.25) is 0 Å². The van der Waals surface area contributed by atoms with E-state index in [4.69, 9.17) is 23.2 Å². The molecule has 1 aromatic carbocycles. The summed E-state index contributed by atoms with van der Waals surface area (Å²) in [5, 5.41) is 1.27. The van der Waals surface area contributed by atoms with Crippen LogP contribution in [0.2, 0.25) is 10.0 Å². The van der Waals surface area contributed by atoms with E-state index in [-0.39, 0.29) is 0 Å². The normalized spacial score (nSPS) is 10.3. The maximum atomic E-state index is 6.00. The lowest BCUT2D eigenvalue weighted by Gasteiger charge is -2.06. The van der Waals surface area contributed by atoms with Gasteiger partial charge in [0.2, 0.25) is 0 Å². The Bertz CT molecular complexity index is 387. The van der Waals surface area contributed by atoms with Gasteiger partial charge < -0.3 is 4.57 Å². The van der Waals surface area contributed by atoms with Gasteiger partial charge in [0.1, 0.15) is 0 Å². The van der Waals surface area contributed by atoms with Crippen LogP contribution in [0.3, 0.4) is 0 Å². The highest BCUT2D eigenvalue weighted by atomic mass is 35.5. The van der Waals surface area contributed by atoms with E-state index < -0.39 is 0 Å². The molecule has 0 unspecified atom stereocenters. The van der Waals surface area contributed by atoms with Gasteiger partial charge in [0.25, 0.3) is 0 Å². The number of rotatable bonds is 1. The van der Waals surface area contributed by atoms with Crippen LogP contribution in [0.4, 0.5) is 0 Å². The molecule has 0 amide bonds. The average Bonchev–Trinajstić information content (AvgIpc) is 2.57. The average molecular weight is 211 g/mol. The molecule has 13 heavy (non-hydrogen) atoms. The zero-order valence-corrected chi connectivity index (χ0v) is 8.18. The maximum Gasteiger partial charge on any atom is 0.0825 e. The van der Waals surface area contributed by atoms with Crippen molar-refractivity contribution in [3.8, 4) is 5.69 Å². The third-order valence-corrected chi connectivity index (χ3v) is 2.35. The summed E-state index contributed by atoms with van der Waals surface area (Å²) >= 11 is 12.0. The van der Waals surface area contributed by atoms with Gasteiger partial charge in [-0.1, -0.05) is 29.3 Å². The van der Waals surface area contributed by atoms with Gasteiger partial charge in [-0.25, -0.2) is 0 Å². The van der Waals surface area contributed by atoms with Crippen molar-refractivity contribution in [2.24, 2.45) is 0 Å². The fraction of sp³-hybridized carbons (Fsp3) is 0. The molecule has 1 radical (unpaired) electrons. The lowest BCUT2D eigenvalue weighted by atomic mass is 10.3. The van der Waals surface area contributed by atoms with E-state index in [2.05, 4.69) is 6.07 Å². The Kier molecular flexibility index (Phi) is 2.30. The number of benzene rings is 1. The highest BCUT2D eigenvalue weighted by molar-refractivity contribution is 6.37. The van der Waals surface area contributed by atoms with Crippen LogP contribution in [-0.2, 0) is 0 Å². The predicted molar refractivity (Wildman–Crippen MR) is 54.6 cm³/mol. The van der Waals surface area contributed by atoms with Gasteiger partial charge in [-0.15, -0.1) is 0 Å². The molecule has 0 aliphatic carbocycles. The van der Waals surface area contributed by atoms with Crippen molar-refractivity contribution in [1.82, 2.24) is 4.57 Å². The molecule has 65 valence electrons. The fourth-order valence-electron chi connectivity index (χ4n) is 1.16. The maximum absolute atomic E-state index is 6.00. The summed E-state index contributed by atoms with van der Waals surface area (Å²) in [5.41, 5.74) is 0.798. The SMILES string of the molecule is Clc1cccc(Cl)c1-n1c[c]cc1. The number of aromatic nitrogens is 1.